The molecule has 0 aliphatic carbocycles. The normalized spacial score (nSPS) is 9.13. The Morgan fingerprint density at radius 2 is 2.09 bits per heavy atom. The van der Waals surface area contributed by atoms with Gasteiger partial charge in [0.15, 0.2) is 0 Å². The average Bonchev–Trinajstić information content (AvgIpc) is 2.60. The fourth-order valence-electron chi connectivity index (χ4n) is 1.71. The molecular weight excluding hydrogens is 302 g/mol. The number of carbonyl (C=O) groups is 1. The van der Waals surface area contributed by atoms with E-state index in [9.17, 15) is 10.1 Å². The van der Waals surface area contributed by atoms with Gasteiger partial charge in [-0.25, -0.2) is 10.8 Å². The van der Waals surface area contributed by atoms with Gasteiger partial charge in [-0.1, -0.05) is 12.1 Å². The maximum Gasteiger partial charge on any atom is 0.278 e. The van der Waals surface area contributed by atoms with Crippen molar-refractivity contribution in [3.05, 3.63) is 58.3 Å². The number of rotatable bonds is 6. The number of hydrogen-bond donors (Lipinski definition) is 3. The van der Waals surface area contributed by atoms with Gasteiger partial charge in [0.25, 0.3) is 5.69 Å². The van der Waals surface area contributed by atoms with Crippen molar-refractivity contribution in [1.82, 2.24) is 10.4 Å². The van der Waals surface area contributed by atoms with Gasteiger partial charge < -0.3 is 10.1 Å². The van der Waals surface area contributed by atoms with Gasteiger partial charge in [0.2, 0.25) is 12.3 Å². The van der Waals surface area contributed by atoms with Crippen LogP contribution < -0.4 is 21.3 Å². The zero-order chi connectivity index (χ0) is 17.1. The number of nitro benzene ring substituents is 1. The summed E-state index contributed by atoms with van der Waals surface area (Å²) < 4.78 is 5.47. The van der Waals surface area contributed by atoms with Gasteiger partial charge >= 0.3 is 0 Å². The molecule has 0 aliphatic rings. The molecule has 1 heterocycles. The highest BCUT2D eigenvalue weighted by atomic mass is 16.6. The number of nitro groups is 1. The lowest BCUT2D eigenvalue weighted by molar-refractivity contribution is -0.385. The zero-order valence-electron chi connectivity index (χ0n) is 12.4. The van der Waals surface area contributed by atoms with Crippen LogP contribution in [0.3, 0.4) is 0 Å². The summed E-state index contributed by atoms with van der Waals surface area (Å²) in [5.74, 6) is 4.84. The van der Waals surface area contributed by atoms with Gasteiger partial charge in [-0.3, -0.25) is 20.3 Å². The maximum absolute atomic E-state index is 11.0. The minimum absolute atomic E-state index is 0.0304. The Kier molecular flexibility index (Phi) is 7.52. The summed E-state index contributed by atoms with van der Waals surface area (Å²) in [5, 5.41) is 13.9. The van der Waals surface area contributed by atoms with Crippen LogP contribution in [0.1, 0.15) is 5.56 Å². The Balaban J connectivity index is 0.000000593. The third-order valence-corrected chi connectivity index (χ3v) is 2.69. The molecule has 9 nitrogen and oxygen atoms in total. The van der Waals surface area contributed by atoms with Crippen molar-refractivity contribution in [2.45, 2.75) is 6.61 Å². The molecule has 2 rings (SSSR count). The number of pyridine rings is 1. The first kappa shape index (κ1) is 17.9. The fraction of sp³-hybridized carbons (Fsp3) is 0.143. The van der Waals surface area contributed by atoms with Crippen molar-refractivity contribution >= 4 is 17.8 Å². The molecule has 4 N–H and O–H groups in total. The van der Waals surface area contributed by atoms with E-state index < -0.39 is 4.92 Å². The first-order valence-electron chi connectivity index (χ1n) is 6.51. The van der Waals surface area contributed by atoms with Gasteiger partial charge in [-0.2, -0.15) is 0 Å². The molecule has 0 spiro atoms. The van der Waals surface area contributed by atoms with E-state index in [1.165, 1.54) is 6.07 Å². The van der Waals surface area contributed by atoms with Gasteiger partial charge in [0, 0.05) is 31.1 Å². The van der Waals surface area contributed by atoms with Gasteiger partial charge in [0.05, 0.1) is 10.5 Å². The second-order valence-electron chi connectivity index (χ2n) is 4.05. The number of nitrogens with one attached hydrogen (secondary N) is 2. The van der Waals surface area contributed by atoms with Crippen molar-refractivity contribution in [2.75, 3.05) is 12.4 Å². The number of aromatic nitrogens is 1. The third-order valence-electron chi connectivity index (χ3n) is 2.69. The van der Waals surface area contributed by atoms with Crippen LogP contribution in [0, 0.1) is 10.1 Å². The first-order chi connectivity index (χ1) is 11.1. The lowest BCUT2D eigenvalue weighted by Crippen LogP contribution is -2.18. The van der Waals surface area contributed by atoms with Crippen molar-refractivity contribution < 1.29 is 14.5 Å². The molecule has 1 amide bonds. The Morgan fingerprint density at radius 3 is 2.61 bits per heavy atom. The number of ether oxygens (including phenoxy) is 1. The van der Waals surface area contributed by atoms with Crippen LogP contribution in [0.15, 0.2) is 42.6 Å². The predicted octanol–water partition coefficient (Wildman–Crippen LogP) is 1.22. The lowest BCUT2D eigenvalue weighted by Gasteiger charge is -2.10. The van der Waals surface area contributed by atoms with Crippen LogP contribution in [0.25, 0.3) is 0 Å². The van der Waals surface area contributed by atoms with Crippen molar-refractivity contribution in [1.29, 1.82) is 0 Å². The van der Waals surface area contributed by atoms with Crippen molar-refractivity contribution in [3.63, 3.8) is 0 Å². The minimum atomic E-state index is -0.419. The Labute approximate surface area is 132 Å². The monoisotopic (exact) mass is 319 g/mol. The predicted molar refractivity (Wildman–Crippen MR) is 84.6 cm³/mol. The number of carbonyl (C=O) groups excluding carboxylic acids is 1. The first-order valence-corrected chi connectivity index (χ1v) is 6.51. The number of nitrogens with zero attached hydrogens (tertiary/aromatic N) is 2. The summed E-state index contributed by atoms with van der Waals surface area (Å²) in [6.07, 6.45) is 2.01. The van der Waals surface area contributed by atoms with E-state index in [-0.39, 0.29) is 12.3 Å². The molecule has 1 aromatic heterocycles. The van der Waals surface area contributed by atoms with Crippen LogP contribution in [0.2, 0.25) is 0 Å². The van der Waals surface area contributed by atoms with Gasteiger partial charge in [-0.15, -0.1) is 0 Å². The Morgan fingerprint density at radius 1 is 1.35 bits per heavy atom. The highest BCUT2D eigenvalue weighted by Gasteiger charge is 2.17. The quantitative estimate of drug-likeness (QED) is 0.240. The largest absolute Gasteiger partial charge is 0.472 e. The highest BCUT2D eigenvalue weighted by molar-refractivity contribution is 5.60. The number of benzene rings is 1. The summed E-state index contributed by atoms with van der Waals surface area (Å²) in [5.41, 5.74) is 2.95. The molecule has 0 fully saturated rings. The van der Waals surface area contributed by atoms with Crippen LogP contribution in [-0.2, 0) is 11.4 Å². The lowest BCUT2D eigenvalue weighted by atomic mass is 10.1. The van der Waals surface area contributed by atoms with Gasteiger partial charge in [-0.05, 0) is 12.1 Å². The van der Waals surface area contributed by atoms with E-state index in [0.29, 0.717) is 23.5 Å². The Hall–Kier alpha value is -3.20. The zero-order valence-corrected chi connectivity index (χ0v) is 12.4. The van der Waals surface area contributed by atoms with E-state index in [4.69, 9.17) is 9.53 Å². The number of amides is 1. The summed E-state index contributed by atoms with van der Waals surface area (Å²) >= 11 is 0. The minimum Gasteiger partial charge on any atom is -0.472 e. The number of hydrazine groups is 1. The molecule has 0 saturated carbocycles. The Bertz CT molecular complexity index is 636. The SMILES string of the molecule is CNc1cccc([N+](=O)[O-])c1COc1ccccn1.NNC=O. The molecule has 0 aliphatic heterocycles. The van der Waals surface area contributed by atoms with E-state index >= 15 is 0 Å². The van der Waals surface area contributed by atoms with Gasteiger partial charge in [0.1, 0.15) is 6.61 Å². The molecule has 0 radical (unpaired) electrons. The topological polar surface area (TPSA) is 132 Å². The number of anilines is 1. The molecule has 9 heteroatoms. The summed E-state index contributed by atoms with van der Waals surface area (Å²) in [6, 6.07) is 10.1. The number of hydrogen-bond acceptors (Lipinski definition) is 7. The van der Waals surface area contributed by atoms with Crippen LogP contribution >= 0.6 is 0 Å². The number of nitrogens with two attached hydrogens (primary N) is 1. The average molecular weight is 319 g/mol. The highest BCUT2D eigenvalue weighted by Crippen LogP contribution is 2.27. The molecule has 0 unspecified atom stereocenters. The molecule has 0 saturated heterocycles. The smallest absolute Gasteiger partial charge is 0.278 e. The third kappa shape index (κ3) is 5.59. The fourth-order valence-corrected chi connectivity index (χ4v) is 1.71. The standard InChI is InChI=1S/C13H13N3O3.CH4N2O/c1-14-11-5-4-6-12(16(17)18)10(11)9-19-13-7-2-3-8-15-13;2-3-1-4/h2-8,14H,9H2,1H3;1H,2H2,(H,3,4). The summed E-state index contributed by atoms with van der Waals surface area (Å²) in [4.78, 5) is 23.5. The molecule has 23 heavy (non-hydrogen) atoms. The van der Waals surface area contributed by atoms with Crippen molar-refractivity contribution in [2.24, 2.45) is 5.84 Å². The van der Waals surface area contributed by atoms with Crippen LogP contribution in [0.5, 0.6) is 5.88 Å². The van der Waals surface area contributed by atoms with Crippen LogP contribution in [0.4, 0.5) is 11.4 Å². The van der Waals surface area contributed by atoms with E-state index in [0.717, 1.165) is 0 Å². The molecular formula is C14H17N5O4. The second-order valence-corrected chi connectivity index (χ2v) is 4.05. The van der Waals surface area contributed by atoms with E-state index in [1.807, 2.05) is 0 Å². The maximum atomic E-state index is 11.0. The van der Waals surface area contributed by atoms with Crippen molar-refractivity contribution in [3.8, 4) is 5.88 Å². The molecule has 122 valence electrons. The van der Waals surface area contributed by atoms with E-state index in [2.05, 4.69) is 16.1 Å². The summed E-state index contributed by atoms with van der Waals surface area (Å²) in [7, 11) is 1.71. The molecule has 0 atom stereocenters. The second kappa shape index (κ2) is 9.68. The molecule has 0 bridgehead atoms. The van der Waals surface area contributed by atoms with E-state index in [1.54, 1.807) is 49.0 Å². The summed E-state index contributed by atoms with van der Waals surface area (Å²) in [6.45, 7) is 0.0876. The molecule has 1 aromatic carbocycles. The molecule has 2 aromatic rings. The van der Waals surface area contributed by atoms with Crippen LogP contribution in [-0.4, -0.2) is 23.4 Å².